The van der Waals surface area contributed by atoms with Crippen molar-refractivity contribution in [2.24, 2.45) is 5.10 Å². The van der Waals surface area contributed by atoms with Crippen LogP contribution in [0.4, 0.5) is 0 Å². The summed E-state index contributed by atoms with van der Waals surface area (Å²) >= 11 is 5.88. The van der Waals surface area contributed by atoms with Gasteiger partial charge in [-0.3, -0.25) is 4.79 Å². The van der Waals surface area contributed by atoms with Crippen molar-refractivity contribution in [3.8, 4) is 17.1 Å². The van der Waals surface area contributed by atoms with Gasteiger partial charge in [0.15, 0.2) is 6.61 Å². The number of furan rings is 1. The average molecular weight is 383 g/mol. The van der Waals surface area contributed by atoms with Crippen molar-refractivity contribution in [1.29, 1.82) is 0 Å². The molecule has 0 saturated heterocycles. The highest BCUT2D eigenvalue weighted by Gasteiger charge is 2.05. The van der Waals surface area contributed by atoms with Crippen LogP contribution in [-0.4, -0.2) is 18.7 Å². The second-order valence-electron chi connectivity index (χ2n) is 6.06. The van der Waals surface area contributed by atoms with Crippen LogP contribution in [-0.2, 0) is 4.79 Å². The predicted molar refractivity (Wildman–Crippen MR) is 106 cm³/mol. The van der Waals surface area contributed by atoms with Crippen LogP contribution in [0, 0.1) is 13.8 Å². The Kier molecular flexibility index (Phi) is 5.94. The molecule has 0 unspecified atom stereocenters. The second-order valence-corrected chi connectivity index (χ2v) is 6.50. The third kappa shape index (κ3) is 5.21. The largest absolute Gasteiger partial charge is 0.483 e. The van der Waals surface area contributed by atoms with Gasteiger partial charge in [0.2, 0.25) is 0 Å². The summed E-state index contributed by atoms with van der Waals surface area (Å²) in [4.78, 5) is 11.9. The number of amides is 1. The molecular weight excluding hydrogens is 364 g/mol. The standard InChI is InChI=1S/C21H19ClN2O3/c1-14-3-9-19(15(2)11-14)26-13-21(25)24-23-12-18-8-10-20(27-18)16-4-6-17(22)7-5-16/h3-12H,13H2,1-2H3,(H,24,25)/b23-12+. The van der Waals surface area contributed by atoms with Crippen LogP contribution in [0.15, 0.2) is 64.1 Å². The molecule has 0 saturated carbocycles. The minimum absolute atomic E-state index is 0.116. The van der Waals surface area contributed by atoms with Crippen molar-refractivity contribution < 1.29 is 13.9 Å². The summed E-state index contributed by atoms with van der Waals surface area (Å²) in [6, 6.07) is 16.7. The zero-order valence-electron chi connectivity index (χ0n) is 15.0. The summed E-state index contributed by atoms with van der Waals surface area (Å²) in [6.07, 6.45) is 1.44. The van der Waals surface area contributed by atoms with Crippen LogP contribution >= 0.6 is 11.6 Å². The molecule has 1 N–H and O–H groups in total. The van der Waals surface area contributed by atoms with Crippen molar-refractivity contribution in [1.82, 2.24) is 5.43 Å². The number of benzene rings is 2. The quantitative estimate of drug-likeness (QED) is 0.494. The van der Waals surface area contributed by atoms with E-state index in [1.54, 1.807) is 18.2 Å². The summed E-state index contributed by atoms with van der Waals surface area (Å²) in [5, 5.41) is 4.56. The highest BCUT2D eigenvalue weighted by atomic mass is 35.5. The van der Waals surface area contributed by atoms with Gasteiger partial charge in [0.25, 0.3) is 5.91 Å². The van der Waals surface area contributed by atoms with Gasteiger partial charge in [-0.15, -0.1) is 0 Å². The van der Waals surface area contributed by atoms with Crippen LogP contribution in [0.3, 0.4) is 0 Å². The van der Waals surface area contributed by atoms with Crippen molar-refractivity contribution in [2.45, 2.75) is 13.8 Å². The molecule has 27 heavy (non-hydrogen) atoms. The lowest BCUT2D eigenvalue weighted by atomic mass is 10.1. The normalized spacial score (nSPS) is 10.9. The van der Waals surface area contributed by atoms with Gasteiger partial charge in [0, 0.05) is 10.6 Å². The summed E-state index contributed by atoms with van der Waals surface area (Å²) in [5.74, 6) is 1.54. The Hall–Kier alpha value is -3.05. The number of carbonyl (C=O) groups excluding carboxylic acids is 1. The zero-order chi connectivity index (χ0) is 19.2. The Bertz CT molecular complexity index is 962. The van der Waals surface area contributed by atoms with Crippen molar-refractivity contribution >= 4 is 23.7 Å². The van der Waals surface area contributed by atoms with Crippen LogP contribution in [0.5, 0.6) is 5.75 Å². The van der Waals surface area contributed by atoms with E-state index >= 15 is 0 Å². The summed E-state index contributed by atoms with van der Waals surface area (Å²) in [7, 11) is 0. The molecular formula is C21H19ClN2O3. The number of aryl methyl sites for hydroxylation is 2. The third-order valence-corrected chi connectivity index (χ3v) is 4.08. The van der Waals surface area contributed by atoms with Crippen LogP contribution in [0.25, 0.3) is 11.3 Å². The Morgan fingerprint density at radius 1 is 1.15 bits per heavy atom. The molecule has 2 aromatic carbocycles. The van der Waals surface area contributed by atoms with Gasteiger partial charge in [0.05, 0.1) is 6.21 Å². The molecule has 0 spiro atoms. The second kappa shape index (κ2) is 8.56. The number of halogens is 1. The van der Waals surface area contributed by atoms with E-state index in [4.69, 9.17) is 20.8 Å². The molecule has 1 aromatic heterocycles. The van der Waals surface area contributed by atoms with E-state index in [2.05, 4.69) is 10.5 Å². The lowest BCUT2D eigenvalue weighted by Gasteiger charge is -2.08. The molecule has 0 bridgehead atoms. The maximum Gasteiger partial charge on any atom is 0.277 e. The number of nitrogens with zero attached hydrogens (tertiary/aromatic N) is 1. The molecule has 0 aliphatic rings. The topological polar surface area (TPSA) is 63.8 Å². The van der Waals surface area contributed by atoms with Crippen LogP contribution < -0.4 is 10.2 Å². The fraction of sp³-hybridized carbons (Fsp3) is 0.143. The number of hydrazone groups is 1. The van der Waals surface area contributed by atoms with E-state index in [1.807, 2.05) is 50.2 Å². The number of rotatable bonds is 6. The number of ether oxygens (including phenoxy) is 1. The molecule has 1 heterocycles. The first-order chi connectivity index (χ1) is 13.0. The van der Waals surface area contributed by atoms with E-state index in [0.29, 0.717) is 22.3 Å². The molecule has 6 heteroatoms. The molecule has 0 fully saturated rings. The minimum atomic E-state index is -0.351. The predicted octanol–water partition coefficient (Wildman–Crippen LogP) is 4.75. The molecule has 3 aromatic rings. The molecule has 0 radical (unpaired) electrons. The molecule has 5 nitrogen and oxygen atoms in total. The minimum Gasteiger partial charge on any atom is -0.483 e. The van der Waals surface area contributed by atoms with E-state index in [1.165, 1.54) is 6.21 Å². The van der Waals surface area contributed by atoms with Gasteiger partial charge in [-0.25, -0.2) is 5.43 Å². The Balaban J connectivity index is 1.51. The van der Waals surface area contributed by atoms with E-state index in [-0.39, 0.29) is 12.5 Å². The smallest absolute Gasteiger partial charge is 0.277 e. The first kappa shape index (κ1) is 18.7. The summed E-state index contributed by atoms with van der Waals surface area (Å²) in [5.41, 5.74) is 5.45. The van der Waals surface area contributed by atoms with E-state index in [0.717, 1.165) is 16.7 Å². The number of hydrogen-bond donors (Lipinski definition) is 1. The lowest BCUT2D eigenvalue weighted by Crippen LogP contribution is -2.24. The highest BCUT2D eigenvalue weighted by molar-refractivity contribution is 6.30. The average Bonchev–Trinajstić information content (AvgIpc) is 3.10. The van der Waals surface area contributed by atoms with Gasteiger partial charge in [0.1, 0.15) is 17.3 Å². The number of nitrogens with one attached hydrogen (secondary N) is 1. The first-order valence-electron chi connectivity index (χ1n) is 8.39. The third-order valence-electron chi connectivity index (χ3n) is 3.83. The number of carbonyl (C=O) groups is 1. The van der Waals surface area contributed by atoms with Gasteiger partial charge in [-0.1, -0.05) is 29.3 Å². The first-order valence-corrected chi connectivity index (χ1v) is 8.77. The highest BCUT2D eigenvalue weighted by Crippen LogP contribution is 2.23. The summed E-state index contributed by atoms with van der Waals surface area (Å²) < 4.78 is 11.2. The Morgan fingerprint density at radius 2 is 1.93 bits per heavy atom. The van der Waals surface area contributed by atoms with Crippen LogP contribution in [0.2, 0.25) is 5.02 Å². The van der Waals surface area contributed by atoms with E-state index < -0.39 is 0 Å². The Morgan fingerprint density at radius 3 is 2.67 bits per heavy atom. The molecule has 3 rings (SSSR count). The van der Waals surface area contributed by atoms with Gasteiger partial charge < -0.3 is 9.15 Å². The maximum absolute atomic E-state index is 11.9. The molecule has 138 valence electrons. The molecule has 0 aliphatic heterocycles. The van der Waals surface area contributed by atoms with Gasteiger partial charge in [-0.05, 0) is 61.9 Å². The van der Waals surface area contributed by atoms with E-state index in [9.17, 15) is 4.79 Å². The SMILES string of the molecule is Cc1ccc(OCC(=O)N/N=C/c2ccc(-c3ccc(Cl)cc3)o2)c(C)c1. The molecule has 0 aliphatic carbocycles. The fourth-order valence-corrected chi connectivity index (χ4v) is 2.62. The fourth-order valence-electron chi connectivity index (χ4n) is 2.50. The lowest BCUT2D eigenvalue weighted by molar-refractivity contribution is -0.123. The maximum atomic E-state index is 11.9. The zero-order valence-corrected chi connectivity index (χ0v) is 15.8. The van der Waals surface area contributed by atoms with Crippen molar-refractivity contribution in [3.63, 3.8) is 0 Å². The van der Waals surface area contributed by atoms with Crippen molar-refractivity contribution in [3.05, 3.63) is 76.5 Å². The summed E-state index contributed by atoms with van der Waals surface area (Å²) in [6.45, 7) is 3.83. The monoisotopic (exact) mass is 382 g/mol. The van der Waals surface area contributed by atoms with Gasteiger partial charge >= 0.3 is 0 Å². The molecule has 0 atom stereocenters. The van der Waals surface area contributed by atoms with Crippen molar-refractivity contribution in [2.75, 3.05) is 6.61 Å². The molecule has 1 amide bonds. The Labute approximate surface area is 162 Å². The van der Waals surface area contributed by atoms with Gasteiger partial charge in [-0.2, -0.15) is 5.10 Å². The number of hydrogen-bond acceptors (Lipinski definition) is 4. The van der Waals surface area contributed by atoms with Crippen LogP contribution in [0.1, 0.15) is 16.9 Å².